The Labute approximate surface area is 129 Å². The first-order valence-corrected chi connectivity index (χ1v) is 8.35. The summed E-state index contributed by atoms with van der Waals surface area (Å²) in [6, 6.07) is 10.1. The van der Waals surface area contributed by atoms with E-state index in [4.69, 9.17) is 11.6 Å². The first-order valence-electron chi connectivity index (χ1n) is 7.10. The van der Waals surface area contributed by atoms with Gasteiger partial charge in [-0.3, -0.25) is 0 Å². The molecule has 1 aromatic carbocycles. The Morgan fingerprint density at radius 1 is 1.25 bits per heavy atom. The second-order valence-corrected chi connectivity index (χ2v) is 7.66. The zero-order valence-corrected chi connectivity index (χ0v) is 13.4. The summed E-state index contributed by atoms with van der Waals surface area (Å²) in [5.41, 5.74) is 1.42. The van der Waals surface area contributed by atoms with Gasteiger partial charge in [-0.2, -0.15) is 0 Å². The number of hydrogen-bond donors (Lipinski definition) is 0. The summed E-state index contributed by atoms with van der Waals surface area (Å²) >= 11 is 8.21. The van der Waals surface area contributed by atoms with E-state index in [1.54, 1.807) is 11.3 Å². The van der Waals surface area contributed by atoms with Crippen LogP contribution in [0.5, 0.6) is 0 Å². The molecule has 0 bridgehead atoms. The van der Waals surface area contributed by atoms with Crippen LogP contribution < -0.4 is 0 Å². The fourth-order valence-corrected chi connectivity index (χ4v) is 4.56. The van der Waals surface area contributed by atoms with E-state index in [2.05, 4.69) is 24.0 Å². The molecule has 0 spiro atoms. The van der Waals surface area contributed by atoms with E-state index >= 15 is 0 Å². The van der Waals surface area contributed by atoms with E-state index in [1.165, 1.54) is 19.3 Å². The van der Waals surface area contributed by atoms with Crippen molar-refractivity contribution in [3.8, 4) is 0 Å². The lowest BCUT2D eigenvalue weighted by Crippen LogP contribution is -2.15. The summed E-state index contributed by atoms with van der Waals surface area (Å²) in [7, 11) is 0. The van der Waals surface area contributed by atoms with Crippen molar-refractivity contribution in [2.24, 2.45) is 5.41 Å². The van der Waals surface area contributed by atoms with Gasteiger partial charge in [0.15, 0.2) is 0 Å². The molecule has 3 rings (SSSR count). The number of halogens is 1. The van der Waals surface area contributed by atoms with Crippen LogP contribution in [0.25, 0.3) is 0 Å². The molecule has 4 heteroatoms. The van der Waals surface area contributed by atoms with Gasteiger partial charge in [0, 0.05) is 5.92 Å². The number of hydrogen-bond acceptors (Lipinski definition) is 3. The summed E-state index contributed by atoms with van der Waals surface area (Å²) in [5.74, 6) is 0.536. The molecule has 1 saturated carbocycles. The minimum Gasteiger partial charge on any atom is -0.143 e. The minimum atomic E-state index is -0.188. The summed E-state index contributed by atoms with van der Waals surface area (Å²) in [4.78, 5) is 0. The third-order valence-electron chi connectivity index (χ3n) is 4.32. The number of alkyl halides is 1. The molecule has 1 fully saturated rings. The molecule has 0 radical (unpaired) electrons. The molecule has 1 aliphatic carbocycles. The Balaban J connectivity index is 1.84. The quantitative estimate of drug-likeness (QED) is 0.732. The molecular weight excluding hydrogens is 288 g/mol. The molecule has 0 saturated heterocycles. The Kier molecular flexibility index (Phi) is 3.83. The molecule has 2 unspecified atom stereocenters. The second-order valence-electron chi connectivity index (χ2n) is 6.19. The molecule has 106 valence electrons. The minimum absolute atomic E-state index is 0.188. The zero-order chi connectivity index (χ0) is 14.2. The number of rotatable bonds is 3. The first-order chi connectivity index (χ1) is 9.58. The maximum Gasteiger partial charge on any atom is 0.139 e. The highest BCUT2D eigenvalue weighted by Crippen LogP contribution is 2.50. The molecule has 1 heterocycles. The Morgan fingerprint density at radius 2 is 2.00 bits per heavy atom. The van der Waals surface area contributed by atoms with Crippen LogP contribution in [0, 0.1) is 5.41 Å². The average molecular weight is 307 g/mol. The van der Waals surface area contributed by atoms with Gasteiger partial charge >= 0.3 is 0 Å². The second kappa shape index (κ2) is 5.45. The van der Waals surface area contributed by atoms with Crippen LogP contribution in [0.15, 0.2) is 30.3 Å². The normalized spacial score (nSPS) is 22.9. The molecule has 20 heavy (non-hydrogen) atoms. The lowest BCUT2D eigenvalue weighted by Gasteiger charge is -2.24. The van der Waals surface area contributed by atoms with Crippen molar-refractivity contribution in [1.82, 2.24) is 10.2 Å². The van der Waals surface area contributed by atoms with Gasteiger partial charge in [0.25, 0.3) is 0 Å². The van der Waals surface area contributed by atoms with Crippen LogP contribution in [0.3, 0.4) is 0 Å². The van der Waals surface area contributed by atoms with Crippen molar-refractivity contribution in [3.05, 3.63) is 45.9 Å². The topological polar surface area (TPSA) is 25.8 Å². The Morgan fingerprint density at radius 3 is 2.65 bits per heavy atom. The maximum absolute atomic E-state index is 6.53. The SMILES string of the molecule is CC1(C)CCCC1c1nnc(C(Cl)c2ccccc2)s1. The molecular formula is C16H19ClN2S. The molecule has 0 amide bonds. The number of benzene rings is 1. The van der Waals surface area contributed by atoms with E-state index in [9.17, 15) is 0 Å². The van der Waals surface area contributed by atoms with Crippen LogP contribution in [0.1, 0.15) is 60.0 Å². The van der Waals surface area contributed by atoms with Gasteiger partial charge < -0.3 is 0 Å². The van der Waals surface area contributed by atoms with Gasteiger partial charge in [-0.15, -0.1) is 21.8 Å². The molecule has 0 N–H and O–H groups in total. The molecule has 1 aromatic heterocycles. The van der Waals surface area contributed by atoms with Crippen LogP contribution in [-0.2, 0) is 0 Å². The van der Waals surface area contributed by atoms with Gasteiger partial charge in [-0.1, -0.05) is 61.9 Å². The molecule has 2 atom stereocenters. The fraction of sp³-hybridized carbons (Fsp3) is 0.500. The van der Waals surface area contributed by atoms with Gasteiger partial charge in [0.2, 0.25) is 0 Å². The van der Waals surface area contributed by atoms with Crippen molar-refractivity contribution in [3.63, 3.8) is 0 Å². The molecule has 1 aliphatic rings. The third-order valence-corrected chi connectivity index (χ3v) is 6.01. The van der Waals surface area contributed by atoms with Crippen LogP contribution in [0.4, 0.5) is 0 Å². The van der Waals surface area contributed by atoms with E-state index in [0.29, 0.717) is 11.3 Å². The molecule has 0 aliphatic heterocycles. The maximum atomic E-state index is 6.53. The average Bonchev–Trinajstić information content (AvgIpc) is 3.04. The molecule has 2 aromatic rings. The van der Waals surface area contributed by atoms with Gasteiger partial charge in [-0.25, -0.2) is 0 Å². The zero-order valence-electron chi connectivity index (χ0n) is 11.8. The van der Waals surface area contributed by atoms with Gasteiger partial charge in [0.05, 0.1) is 0 Å². The van der Waals surface area contributed by atoms with E-state index in [0.717, 1.165) is 15.6 Å². The lowest BCUT2D eigenvalue weighted by atomic mass is 9.82. The Bertz CT molecular complexity index is 579. The van der Waals surface area contributed by atoms with E-state index in [1.807, 2.05) is 30.3 Å². The highest BCUT2D eigenvalue weighted by molar-refractivity contribution is 7.11. The summed E-state index contributed by atoms with van der Waals surface area (Å²) < 4.78 is 0. The van der Waals surface area contributed by atoms with Crippen LogP contribution >= 0.6 is 22.9 Å². The van der Waals surface area contributed by atoms with Gasteiger partial charge in [-0.05, 0) is 23.8 Å². The predicted molar refractivity (Wildman–Crippen MR) is 84.4 cm³/mol. The van der Waals surface area contributed by atoms with E-state index < -0.39 is 0 Å². The van der Waals surface area contributed by atoms with Crippen molar-refractivity contribution in [2.45, 2.75) is 44.4 Å². The highest BCUT2D eigenvalue weighted by atomic mass is 35.5. The summed E-state index contributed by atoms with van der Waals surface area (Å²) in [5, 5.41) is 10.6. The van der Waals surface area contributed by atoms with Crippen LogP contribution in [-0.4, -0.2) is 10.2 Å². The standard InChI is InChI=1S/C16H19ClN2S/c1-16(2)10-6-9-12(16)14-18-19-15(20-14)13(17)11-7-4-3-5-8-11/h3-5,7-8,12-13H,6,9-10H2,1-2H3. The fourth-order valence-electron chi connectivity index (χ4n) is 3.04. The van der Waals surface area contributed by atoms with Crippen molar-refractivity contribution in [2.75, 3.05) is 0 Å². The summed E-state index contributed by atoms with van der Waals surface area (Å²) in [6.07, 6.45) is 3.78. The molecule has 2 nitrogen and oxygen atoms in total. The number of aromatic nitrogens is 2. The van der Waals surface area contributed by atoms with Crippen LogP contribution in [0.2, 0.25) is 0 Å². The lowest BCUT2D eigenvalue weighted by molar-refractivity contribution is 0.330. The van der Waals surface area contributed by atoms with Crippen molar-refractivity contribution >= 4 is 22.9 Å². The smallest absolute Gasteiger partial charge is 0.139 e. The first kappa shape index (κ1) is 14.0. The number of nitrogens with zero attached hydrogens (tertiary/aromatic N) is 2. The van der Waals surface area contributed by atoms with Crippen molar-refractivity contribution < 1.29 is 0 Å². The third kappa shape index (κ3) is 2.61. The largest absolute Gasteiger partial charge is 0.143 e. The highest BCUT2D eigenvalue weighted by Gasteiger charge is 2.38. The Hall–Kier alpha value is -0.930. The monoisotopic (exact) mass is 306 g/mol. The van der Waals surface area contributed by atoms with E-state index in [-0.39, 0.29) is 5.38 Å². The predicted octanol–water partition coefficient (Wildman–Crippen LogP) is 5.16. The summed E-state index contributed by atoms with van der Waals surface area (Å²) in [6.45, 7) is 4.67. The van der Waals surface area contributed by atoms with Crippen molar-refractivity contribution in [1.29, 1.82) is 0 Å². The van der Waals surface area contributed by atoms with Gasteiger partial charge in [0.1, 0.15) is 15.4 Å².